The highest BCUT2D eigenvalue weighted by molar-refractivity contribution is 7.89. The minimum Gasteiger partial charge on any atom is -0.378 e. The molecule has 0 bridgehead atoms. The normalized spacial score (nSPS) is 20.8. The standard InChI is InChI=1S/C14H24N2O3S2/c1-4-12-9-19-7-6-16(12)21(17,18)14-11(3)10-20-13(14)8-15-5-2/h10,12,15H,4-9H2,1-3H3. The summed E-state index contributed by atoms with van der Waals surface area (Å²) in [5, 5.41) is 5.15. The zero-order chi connectivity index (χ0) is 15.5. The summed E-state index contributed by atoms with van der Waals surface area (Å²) >= 11 is 1.52. The van der Waals surface area contributed by atoms with Gasteiger partial charge in [0.25, 0.3) is 0 Å². The van der Waals surface area contributed by atoms with Crippen molar-refractivity contribution in [2.24, 2.45) is 0 Å². The first-order chi connectivity index (χ1) is 10.0. The van der Waals surface area contributed by atoms with Crippen LogP contribution in [0, 0.1) is 6.92 Å². The van der Waals surface area contributed by atoms with Crippen LogP contribution in [0.3, 0.4) is 0 Å². The first-order valence-electron chi connectivity index (χ1n) is 7.39. The fourth-order valence-corrected chi connectivity index (χ4v) is 5.99. The molecule has 120 valence electrons. The van der Waals surface area contributed by atoms with Crippen molar-refractivity contribution in [3.05, 3.63) is 15.8 Å². The highest BCUT2D eigenvalue weighted by Crippen LogP contribution is 2.31. The van der Waals surface area contributed by atoms with E-state index in [1.54, 1.807) is 4.31 Å². The maximum absolute atomic E-state index is 13.1. The second kappa shape index (κ2) is 7.19. The van der Waals surface area contributed by atoms with Gasteiger partial charge in [-0.1, -0.05) is 13.8 Å². The molecule has 0 aliphatic carbocycles. The Labute approximate surface area is 131 Å². The minimum atomic E-state index is -3.45. The SMILES string of the molecule is CCNCc1scc(C)c1S(=O)(=O)N1CCOCC1CC. The molecule has 1 aromatic rings. The largest absolute Gasteiger partial charge is 0.378 e. The van der Waals surface area contributed by atoms with E-state index in [2.05, 4.69) is 5.32 Å². The molecule has 1 unspecified atom stereocenters. The fourth-order valence-electron chi connectivity index (χ4n) is 2.59. The number of rotatable bonds is 6. The molecule has 2 heterocycles. The number of hydrogen-bond donors (Lipinski definition) is 1. The van der Waals surface area contributed by atoms with Gasteiger partial charge in [-0.05, 0) is 30.8 Å². The van der Waals surface area contributed by atoms with Crippen LogP contribution in [0.15, 0.2) is 10.3 Å². The summed E-state index contributed by atoms with van der Waals surface area (Å²) in [6.07, 6.45) is 0.769. The molecule has 0 spiro atoms. The predicted octanol–water partition coefficient (Wildman–Crippen LogP) is 1.97. The average Bonchev–Trinajstić information content (AvgIpc) is 2.86. The van der Waals surface area contributed by atoms with Crippen LogP contribution >= 0.6 is 11.3 Å². The second-order valence-corrected chi connectivity index (χ2v) is 8.00. The van der Waals surface area contributed by atoms with Gasteiger partial charge in [0.1, 0.15) is 4.90 Å². The predicted molar refractivity (Wildman–Crippen MR) is 85.2 cm³/mol. The Morgan fingerprint density at radius 1 is 1.48 bits per heavy atom. The van der Waals surface area contributed by atoms with Gasteiger partial charge in [0.2, 0.25) is 10.0 Å². The lowest BCUT2D eigenvalue weighted by Gasteiger charge is -2.34. The molecule has 1 fully saturated rings. The maximum Gasteiger partial charge on any atom is 0.244 e. The van der Waals surface area contributed by atoms with Crippen molar-refractivity contribution in [3.63, 3.8) is 0 Å². The van der Waals surface area contributed by atoms with Crippen LogP contribution in [-0.2, 0) is 21.3 Å². The van der Waals surface area contributed by atoms with Crippen LogP contribution in [0.2, 0.25) is 0 Å². The van der Waals surface area contributed by atoms with Gasteiger partial charge in [0.15, 0.2) is 0 Å². The summed E-state index contributed by atoms with van der Waals surface area (Å²) in [6.45, 7) is 8.72. The molecule has 1 aromatic heterocycles. The Morgan fingerprint density at radius 3 is 2.90 bits per heavy atom. The number of thiophene rings is 1. The molecule has 1 N–H and O–H groups in total. The third-order valence-electron chi connectivity index (χ3n) is 3.74. The number of morpholine rings is 1. The zero-order valence-corrected chi connectivity index (χ0v) is 14.5. The first kappa shape index (κ1) is 16.9. The van der Waals surface area contributed by atoms with Crippen LogP contribution in [0.5, 0.6) is 0 Å². The monoisotopic (exact) mass is 332 g/mol. The van der Waals surface area contributed by atoms with E-state index in [1.165, 1.54) is 11.3 Å². The summed E-state index contributed by atoms with van der Waals surface area (Å²) in [4.78, 5) is 1.39. The first-order valence-corrected chi connectivity index (χ1v) is 9.71. The topological polar surface area (TPSA) is 58.6 Å². The smallest absolute Gasteiger partial charge is 0.244 e. The lowest BCUT2D eigenvalue weighted by molar-refractivity contribution is 0.0314. The quantitative estimate of drug-likeness (QED) is 0.865. The van der Waals surface area contributed by atoms with Crippen molar-refractivity contribution in [1.82, 2.24) is 9.62 Å². The lowest BCUT2D eigenvalue weighted by atomic mass is 10.2. The number of nitrogens with one attached hydrogen (secondary N) is 1. The van der Waals surface area contributed by atoms with E-state index in [0.717, 1.165) is 23.4 Å². The molecule has 0 saturated carbocycles. The molecule has 0 amide bonds. The summed E-state index contributed by atoms with van der Waals surface area (Å²) < 4.78 is 33.2. The van der Waals surface area contributed by atoms with E-state index >= 15 is 0 Å². The summed E-state index contributed by atoms with van der Waals surface area (Å²) in [5.41, 5.74) is 0.842. The van der Waals surface area contributed by atoms with Crippen molar-refractivity contribution in [2.75, 3.05) is 26.3 Å². The van der Waals surface area contributed by atoms with Gasteiger partial charge < -0.3 is 10.1 Å². The third-order valence-corrected chi connectivity index (χ3v) is 7.15. The molecule has 2 rings (SSSR count). The van der Waals surface area contributed by atoms with E-state index in [4.69, 9.17) is 4.74 Å². The Hall–Kier alpha value is -0.470. The number of ether oxygens (including phenoxy) is 1. The van der Waals surface area contributed by atoms with Crippen molar-refractivity contribution < 1.29 is 13.2 Å². The van der Waals surface area contributed by atoms with Crippen LogP contribution in [0.25, 0.3) is 0 Å². The van der Waals surface area contributed by atoms with Crippen molar-refractivity contribution in [3.8, 4) is 0 Å². The maximum atomic E-state index is 13.1. The minimum absolute atomic E-state index is 0.0602. The lowest BCUT2D eigenvalue weighted by Crippen LogP contribution is -2.48. The van der Waals surface area contributed by atoms with Gasteiger partial charge in [0.05, 0.1) is 13.2 Å². The van der Waals surface area contributed by atoms with Gasteiger partial charge in [-0.2, -0.15) is 4.31 Å². The molecule has 0 radical (unpaired) electrons. The van der Waals surface area contributed by atoms with Crippen molar-refractivity contribution in [2.45, 2.75) is 44.7 Å². The summed E-state index contributed by atoms with van der Waals surface area (Å²) in [5.74, 6) is 0. The molecule has 1 aliphatic rings. The average molecular weight is 332 g/mol. The summed E-state index contributed by atoms with van der Waals surface area (Å²) in [7, 11) is -3.45. The Bertz CT molecular complexity index is 569. The number of nitrogens with zero attached hydrogens (tertiary/aromatic N) is 1. The molecular weight excluding hydrogens is 308 g/mol. The Morgan fingerprint density at radius 2 is 2.24 bits per heavy atom. The van der Waals surface area contributed by atoms with Crippen LogP contribution in [0.1, 0.15) is 30.7 Å². The van der Waals surface area contributed by atoms with Gasteiger partial charge >= 0.3 is 0 Å². The van der Waals surface area contributed by atoms with Crippen molar-refractivity contribution in [1.29, 1.82) is 0 Å². The van der Waals surface area contributed by atoms with Gasteiger partial charge in [-0.15, -0.1) is 11.3 Å². The molecule has 5 nitrogen and oxygen atoms in total. The molecular formula is C14H24N2O3S2. The van der Waals surface area contributed by atoms with E-state index in [1.807, 2.05) is 26.2 Å². The van der Waals surface area contributed by atoms with E-state index in [-0.39, 0.29) is 6.04 Å². The van der Waals surface area contributed by atoms with Crippen LogP contribution < -0.4 is 5.32 Å². The van der Waals surface area contributed by atoms with E-state index < -0.39 is 10.0 Å². The molecule has 1 atom stereocenters. The zero-order valence-electron chi connectivity index (χ0n) is 12.9. The van der Waals surface area contributed by atoms with Crippen LogP contribution in [-0.4, -0.2) is 45.1 Å². The highest BCUT2D eigenvalue weighted by Gasteiger charge is 2.35. The molecule has 7 heteroatoms. The summed E-state index contributed by atoms with van der Waals surface area (Å²) in [6, 6.07) is -0.0602. The van der Waals surface area contributed by atoms with Crippen LogP contribution in [0.4, 0.5) is 0 Å². The van der Waals surface area contributed by atoms with Gasteiger partial charge in [-0.3, -0.25) is 0 Å². The van der Waals surface area contributed by atoms with E-state index in [9.17, 15) is 8.42 Å². The molecule has 0 aromatic carbocycles. The van der Waals surface area contributed by atoms with E-state index in [0.29, 0.717) is 31.2 Å². The Kier molecular flexibility index (Phi) is 5.79. The molecule has 1 saturated heterocycles. The number of aryl methyl sites for hydroxylation is 1. The molecule has 1 aliphatic heterocycles. The highest BCUT2D eigenvalue weighted by atomic mass is 32.2. The van der Waals surface area contributed by atoms with Gasteiger partial charge in [-0.25, -0.2) is 8.42 Å². The van der Waals surface area contributed by atoms with Crippen molar-refractivity contribution >= 4 is 21.4 Å². The number of sulfonamides is 1. The fraction of sp³-hybridized carbons (Fsp3) is 0.714. The number of hydrogen-bond acceptors (Lipinski definition) is 5. The third kappa shape index (κ3) is 3.48. The van der Waals surface area contributed by atoms with Gasteiger partial charge in [0, 0.05) is 24.0 Å². The second-order valence-electron chi connectivity index (χ2n) is 5.20. The Balaban J connectivity index is 2.36. The molecule has 21 heavy (non-hydrogen) atoms.